The second-order valence-electron chi connectivity index (χ2n) is 6.33. The van der Waals surface area contributed by atoms with Crippen molar-refractivity contribution in [3.05, 3.63) is 11.3 Å². The minimum absolute atomic E-state index is 0.162. The van der Waals surface area contributed by atoms with E-state index >= 15 is 0 Å². The van der Waals surface area contributed by atoms with Crippen molar-refractivity contribution in [1.82, 2.24) is 9.78 Å². The van der Waals surface area contributed by atoms with E-state index in [1.807, 2.05) is 11.7 Å². The first-order valence-corrected chi connectivity index (χ1v) is 7.28. The molecule has 4 nitrogen and oxygen atoms in total. The molecular weight excluding hydrogens is 236 g/mol. The van der Waals surface area contributed by atoms with Crippen molar-refractivity contribution >= 4 is 5.82 Å². The summed E-state index contributed by atoms with van der Waals surface area (Å²) in [4.78, 5) is 2.45. The van der Waals surface area contributed by atoms with Crippen molar-refractivity contribution in [1.29, 1.82) is 0 Å². The lowest BCUT2D eigenvalue weighted by molar-refractivity contribution is 0.550. The molecular formula is C15H30N4. The molecule has 1 rings (SSSR count). The SMILES string of the molecule is Cc1nn(C)c(N(CC(C)C)C(C)C)c1CC(C)N. The van der Waals surface area contributed by atoms with Crippen LogP contribution in [0.2, 0.25) is 0 Å². The fourth-order valence-corrected chi connectivity index (χ4v) is 2.55. The van der Waals surface area contributed by atoms with Gasteiger partial charge in [0.05, 0.1) is 5.69 Å². The summed E-state index contributed by atoms with van der Waals surface area (Å²) in [6.07, 6.45) is 0.885. The molecule has 1 heterocycles. The number of aromatic nitrogens is 2. The van der Waals surface area contributed by atoms with E-state index in [4.69, 9.17) is 5.73 Å². The van der Waals surface area contributed by atoms with E-state index in [1.165, 1.54) is 11.4 Å². The molecule has 0 saturated heterocycles. The molecule has 0 fully saturated rings. The first-order valence-electron chi connectivity index (χ1n) is 7.28. The summed E-state index contributed by atoms with van der Waals surface area (Å²) in [5.41, 5.74) is 8.39. The van der Waals surface area contributed by atoms with Gasteiger partial charge in [0.1, 0.15) is 5.82 Å². The Balaban J connectivity index is 3.20. The normalized spacial score (nSPS) is 13.4. The van der Waals surface area contributed by atoms with Crippen LogP contribution in [0.5, 0.6) is 0 Å². The van der Waals surface area contributed by atoms with Gasteiger partial charge in [0.15, 0.2) is 0 Å². The first kappa shape index (κ1) is 16.0. The number of nitrogens with zero attached hydrogens (tertiary/aromatic N) is 3. The van der Waals surface area contributed by atoms with Crippen LogP contribution in [0.1, 0.15) is 45.9 Å². The van der Waals surface area contributed by atoms with Gasteiger partial charge in [-0.3, -0.25) is 4.68 Å². The average Bonchev–Trinajstić information content (AvgIpc) is 2.49. The predicted octanol–water partition coefficient (Wildman–Crippen LogP) is 2.49. The van der Waals surface area contributed by atoms with Crippen LogP contribution in [-0.4, -0.2) is 28.4 Å². The third-order valence-electron chi connectivity index (χ3n) is 3.30. The molecule has 0 aliphatic heterocycles. The van der Waals surface area contributed by atoms with Gasteiger partial charge in [0.2, 0.25) is 0 Å². The molecule has 1 aromatic heterocycles. The zero-order chi connectivity index (χ0) is 14.7. The highest BCUT2D eigenvalue weighted by molar-refractivity contribution is 5.51. The molecule has 1 atom stereocenters. The highest BCUT2D eigenvalue weighted by Gasteiger charge is 2.22. The Morgan fingerprint density at radius 3 is 2.21 bits per heavy atom. The molecule has 0 spiro atoms. The van der Waals surface area contributed by atoms with Crippen molar-refractivity contribution in [3.63, 3.8) is 0 Å². The maximum absolute atomic E-state index is 5.99. The number of anilines is 1. The lowest BCUT2D eigenvalue weighted by Gasteiger charge is -2.31. The Bertz CT molecular complexity index is 405. The fraction of sp³-hybridized carbons (Fsp3) is 0.800. The maximum Gasteiger partial charge on any atom is 0.130 e. The lowest BCUT2D eigenvalue weighted by atomic mass is 10.1. The summed E-state index contributed by atoms with van der Waals surface area (Å²) >= 11 is 0. The fourth-order valence-electron chi connectivity index (χ4n) is 2.55. The average molecular weight is 266 g/mol. The van der Waals surface area contributed by atoms with Crippen LogP contribution in [0, 0.1) is 12.8 Å². The molecule has 4 heteroatoms. The van der Waals surface area contributed by atoms with Gasteiger partial charge in [-0.25, -0.2) is 0 Å². The van der Waals surface area contributed by atoms with Gasteiger partial charge in [0.25, 0.3) is 0 Å². The summed E-state index contributed by atoms with van der Waals surface area (Å²) in [6.45, 7) is 14.2. The summed E-state index contributed by atoms with van der Waals surface area (Å²) in [5, 5.41) is 4.59. The Morgan fingerprint density at radius 2 is 1.79 bits per heavy atom. The van der Waals surface area contributed by atoms with E-state index in [9.17, 15) is 0 Å². The molecule has 0 amide bonds. The summed E-state index contributed by atoms with van der Waals surface area (Å²) < 4.78 is 2.01. The molecule has 110 valence electrons. The number of hydrogen-bond acceptors (Lipinski definition) is 3. The van der Waals surface area contributed by atoms with Crippen LogP contribution in [-0.2, 0) is 13.5 Å². The van der Waals surface area contributed by atoms with Crippen molar-refractivity contribution in [2.24, 2.45) is 18.7 Å². The molecule has 2 N–H and O–H groups in total. The Kier molecular flexibility index (Phi) is 5.41. The van der Waals surface area contributed by atoms with E-state index in [-0.39, 0.29) is 6.04 Å². The summed E-state index contributed by atoms with van der Waals surface area (Å²) in [6, 6.07) is 0.624. The first-order chi connectivity index (χ1) is 8.73. The number of hydrogen-bond donors (Lipinski definition) is 1. The van der Waals surface area contributed by atoms with E-state index in [1.54, 1.807) is 0 Å². The van der Waals surface area contributed by atoms with Gasteiger partial charge in [0, 0.05) is 31.2 Å². The molecule has 0 aromatic carbocycles. The zero-order valence-corrected chi connectivity index (χ0v) is 13.6. The van der Waals surface area contributed by atoms with Crippen LogP contribution < -0.4 is 10.6 Å². The van der Waals surface area contributed by atoms with Gasteiger partial charge in [-0.15, -0.1) is 0 Å². The molecule has 0 aliphatic rings. The van der Waals surface area contributed by atoms with Gasteiger partial charge in [-0.2, -0.15) is 5.10 Å². The highest BCUT2D eigenvalue weighted by atomic mass is 15.4. The Hall–Kier alpha value is -1.03. The van der Waals surface area contributed by atoms with Crippen LogP contribution in [0.4, 0.5) is 5.82 Å². The third kappa shape index (κ3) is 3.96. The van der Waals surface area contributed by atoms with Crippen molar-refractivity contribution < 1.29 is 0 Å². The van der Waals surface area contributed by atoms with Crippen LogP contribution >= 0.6 is 0 Å². The minimum atomic E-state index is 0.162. The van der Waals surface area contributed by atoms with Crippen LogP contribution in [0.25, 0.3) is 0 Å². The summed E-state index contributed by atoms with van der Waals surface area (Å²) in [5.74, 6) is 1.86. The quantitative estimate of drug-likeness (QED) is 0.860. The second kappa shape index (κ2) is 6.42. The van der Waals surface area contributed by atoms with Crippen molar-refractivity contribution in [3.8, 4) is 0 Å². The van der Waals surface area contributed by atoms with E-state index < -0.39 is 0 Å². The molecule has 1 aromatic rings. The standard InChI is InChI=1S/C15H30N4/c1-10(2)9-19(11(3)4)15-14(8-12(5)16)13(6)17-18(15)7/h10-12H,8-9,16H2,1-7H3. The lowest BCUT2D eigenvalue weighted by Crippen LogP contribution is -2.36. The molecule has 1 unspecified atom stereocenters. The number of nitrogens with two attached hydrogens (primary N) is 1. The molecule has 0 saturated carbocycles. The smallest absolute Gasteiger partial charge is 0.130 e. The van der Waals surface area contributed by atoms with Gasteiger partial charge >= 0.3 is 0 Å². The molecule has 19 heavy (non-hydrogen) atoms. The monoisotopic (exact) mass is 266 g/mol. The van der Waals surface area contributed by atoms with Crippen LogP contribution in [0.15, 0.2) is 0 Å². The molecule has 0 aliphatic carbocycles. The van der Waals surface area contributed by atoms with Crippen LogP contribution in [0.3, 0.4) is 0 Å². The minimum Gasteiger partial charge on any atom is -0.354 e. The molecule has 0 radical (unpaired) electrons. The topological polar surface area (TPSA) is 47.1 Å². The Morgan fingerprint density at radius 1 is 1.21 bits per heavy atom. The van der Waals surface area contributed by atoms with E-state index in [0.717, 1.165) is 18.7 Å². The zero-order valence-electron chi connectivity index (χ0n) is 13.6. The van der Waals surface area contributed by atoms with Crippen molar-refractivity contribution in [2.75, 3.05) is 11.4 Å². The predicted molar refractivity (Wildman–Crippen MR) is 82.6 cm³/mol. The highest BCUT2D eigenvalue weighted by Crippen LogP contribution is 2.27. The van der Waals surface area contributed by atoms with Gasteiger partial charge in [-0.05, 0) is 40.0 Å². The Labute approximate surface area is 118 Å². The van der Waals surface area contributed by atoms with Crippen molar-refractivity contribution in [2.45, 2.75) is 60.0 Å². The van der Waals surface area contributed by atoms with Gasteiger partial charge < -0.3 is 10.6 Å². The van der Waals surface area contributed by atoms with E-state index in [0.29, 0.717) is 12.0 Å². The molecule has 0 bridgehead atoms. The third-order valence-corrected chi connectivity index (χ3v) is 3.30. The number of rotatable bonds is 6. The number of aryl methyl sites for hydroxylation is 2. The van der Waals surface area contributed by atoms with Gasteiger partial charge in [-0.1, -0.05) is 13.8 Å². The summed E-state index contributed by atoms with van der Waals surface area (Å²) in [7, 11) is 2.03. The largest absolute Gasteiger partial charge is 0.354 e. The van der Waals surface area contributed by atoms with E-state index in [2.05, 4.69) is 51.5 Å². The maximum atomic E-state index is 5.99. The second-order valence-corrected chi connectivity index (χ2v) is 6.33.